The Labute approximate surface area is 101 Å². The summed E-state index contributed by atoms with van der Waals surface area (Å²) in [6, 6.07) is 5.10. The molecule has 3 N–H and O–H groups in total. The van der Waals surface area contributed by atoms with Crippen molar-refractivity contribution >= 4 is 5.97 Å². The first-order valence-corrected chi connectivity index (χ1v) is 5.69. The molecule has 1 aromatic carbocycles. The predicted octanol–water partition coefficient (Wildman–Crippen LogP) is 1.87. The molecule has 0 bridgehead atoms. The van der Waals surface area contributed by atoms with Crippen LogP contribution in [0.25, 0.3) is 0 Å². The third-order valence-corrected chi connectivity index (χ3v) is 2.79. The van der Waals surface area contributed by atoms with Gasteiger partial charge in [0.15, 0.2) is 0 Å². The summed E-state index contributed by atoms with van der Waals surface area (Å²) in [4.78, 5) is 10.5. The van der Waals surface area contributed by atoms with Crippen molar-refractivity contribution in [2.24, 2.45) is 5.73 Å². The highest BCUT2D eigenvalue weighted by molar-refractivity contribution is 5.72. The summed E-state index contributed by atoms with van der Waals surface area (Å²) in [6.45, 7) is 4.53. The molecule has 0 radical (unpaired) electrons. The zero-order valence-corrected chi connectivity index (χ0v) is 10.3. The molecular formula is C13H19NO3. The Balaban J connectivity index is 2.36. The summed E-state index contributed by atoms with van der Waals surface area (Å²) in [5.41, 5.74) is 7.70. The quantitative estimate of drug-likeness (QED) is 0.741. The molecule has 0 aromatic heterocycles. The maximum absolute atomic E-state index is 10.5. The number of carboxylic acid groups (broad SMARTS) is 1. The van der Waals surface area contributed by atoms with Gasteiger partial charge in [-0.2, -0.15) is 0 Å². The third-order valence-electron chi connectivity index (χ3n) is 2.79. The molecular weight excluding hydrogens is 218 g/mol. The van der Waals surface area contributed by atoms with Gasteiger partial charge in [0.2, 0.25) is 0 Å². The molecule has 0 aliphatic carbocycles. The van der Waals surface area contributed by atoms with Gasteiger partial charge < -0.3 is 15.6 Å². The van der Waals surface area contributed by atoms with E-state index in [0.29, 0.717) is 19.4 Å². The van der Waals surface area contributed by atoms with Gasteiger partial charge in [0.25, 0.3) is 0 Å². The second-order valence-electron chi connectivity index (χ2n) is 4.13. The lowest BCUT2D eigenvalue weighted by atomic mass is 10.1. The molecule has 0 saturated carbocycles. The highest BCUT2D eigenvalue weighted by atomic mass is 16.5. The van der Waals surface area contributed by atoms with Crippen molar-refractivity contribution in [3.8, 4) is 5.75 Å². The highest BCUT2D eigenvalue weighted by Crippen LogP contribution is 2.20. The Bertz CT molecular complexity index is 390. The summed E-state index contributed by atoms with van der Waals surface area (Å²) >= 11 is 0. The van der Waals surface area contributed by atoms with Crippen LogP contribution in [0.3, 0.4) is 0 Å². The number of hydrogen-bond donors (Lipinski definition) is 2. The van der Waals surface area contributed by atoms with E-state index < -0.39 is 12.0 Å². The molecule has 0 amide bonds. The minimum absolute atomic E-state index is 0.431. The molecule has 1 aromatic rings. The number of benzene rings is 1. The fourth-order valence-corrected chi connectivity index (χ4v) is 1.49. The van der Waals surface area contributed by atoms with Crippen LogP contribution in [0.2, 0.25) is 0 Å². The predicted molar refractivity (Wildman–Crippen MR) is 66.3 cm³/mol. The van der Waals surface area contributed by atoms with Gasteiger partial charge >= 0.3 is 5.97 Å². The van der Waals surface area contributed by atoms with E-state index in [1.165, 1.54) is 5.56 Å². The van der Waals surface area contributed by atoms with E-state index in [9.17, 15) is 4.79 Å². The standard InChI is InChI=1S/C13H19NO3/c1-9-5-3-7-12(10(9)2)17-8-4-6-11(14)13(15)16/h3,5,7,11H,4,6,8,14H2,1-2H3,(H,15,16). The molecule has 0 spiro atoms. The molecule has 0 aliphatic heterocycles. The van der Waals surface area contributed by atoms with Crippen molar-refractivity contribution in [1.29, 1.82) is 0 Å². The number of aliphatic carboxylic acids is 1. The van der Waals surface area contributed by atoms with Crippen LogP contribution in [0.5, 0.6) is 5.75 Å². The first kappa shape index (κ1) is 13.5. The minimum Gasteiger partial charge on any atom is -0.493 e. The van der Waals surface area contributed by atoms with Gasteiger partial charge in [-0.05, 0) is 43.9 Å². The molecule has 0 saturated heterocycles. The summed E-state index contributed by atoms with van der Waals surface area (Å²) in [5.74, 6) is -0.106. The lowest BCUT2D eigenvalue weighted by Crippen LogP contribution is -2.30. The van der Waals surface area contributed by atoms with Gasteiger partial charge in [0.1, 0.15) is 11.8 Å². The van der Waals surface area contributed by atoms with Gasteiger partial charge in [0, 0.05) is 0 Å². The monoisotopic (exact) mass is 237 g/mol. The van der Waals surface area contributed by atoms with Crippen LogP contribution >= 0.6 is 0 Å². The van der Waals surface area contributed by atoms with Crippen molar-refractivity contribution in [1.82, 2.24) is 0 Å². The number of carboxylic acids is 1. The van der Waals surface area contributed by atoms with Crippen LogP contribution in [-0.2, 0) is 4.79 Å². The normalized spacial score (nSPS) is 12.2. The molecule has 4 nitrogen and oxygen atoms in total. The summed E-state index contributed by atoms with van der Waals surface area (Å²) in [6.07, 6.45) is 1.07. The number of hydrogen-bond acceptors (Lipinski definition) is 3. The molecule has 0 heterocycles. The molecule has 4 heteroatoms. The maximum atomic E-state index is 10.5. The van der Waals surface area contributed by atoms with E-state index in [0.717, 1.165) is 11.3 Å². The van der Waals surface area contributed by atoms with Crippen molar-refractivity contribution in [2.75, 3.05) is 6.61 Å². The number of ether oxygens (including phenoxy) is 1. The molecule has 17 heavy (non-hydrogen) atoms. The van der Waals surface area contributed by atoms with Crippen molar-refractivity contribution < 1.29 is 14.6 Å². The first-order valence-electron chi connectivity index (χ1n) is 5.69. The highest BCUT2D eigenvalue weighted by Gasteiger charge is 2.10. The van der Waals surface area contributed by atoms with Gasteiger partial charge in [-0.3, -0.25) is 4.79 Å². The van der Waals surface area contributed by atoms with E-state index in [1.54, 1.807) is 0 Å². The Kier molecular flexibility index (Phi) is 4.97. The second-order valence-corrected chi connectivity index (χ2v) is 4.13. The average Bonchev–Trinajstić information content (AvgIpc) is 2.29. The average molecular weight is 237 g/mol. The van der Waals surface area contributed by atoms with Crippen LogP contribution in [0.15, 0.2) is 18.2 Å². The van der Waals surface area contributed by atoms with Crippen molar-refractivity contribution in [3.63, 3.8) is 0 Å². The Hall–Kier alpha value is -1.55. The second kappa shape index (κ2) is 6.25. The fourth-order valence-electron chi connectivity index (χ4n) is 1.49. The fraction of sp³-hybridized carbons (Fsp3) is 0.462. The van der Waals surface area contributed by atoms with E-state index in [1.807, 2.05) is 32.0 Å². The molecule has 1 rings (SSSR count). The minimum atomic E-state index is -0.961. The Morgan fingerprint density at radius 2 is 2.18 bits per heavy atom. The molecule has 94 valence electrons. The lowest BCUT2D eigenvalue weighted by Gasteiger charge is -2.11. The van der Waals surface area contributed by atoms with Crippen LogP contribution in [0.4, 0.5) is 0 Å². The van der Waals surface area contributed by atoms with Crippen LogP contribution < -0.4 is 10.5 Å². The van der Waals surface area contributed by atoms with Crippen molar-refractivity contribution in [2.45, 2.75) is 32.7 Å². The summed E-state index contributed by atoms with van der Waals surface area (Å²) < 4.78 is 5.60. The number of aryl methyl sites for hydroxylation is 1. The van der Waals surface area contributed by atoms with E-state index in [-0.39, 0.29) is 0 Å². The zero-order valence-electron chi connectivity index (χ0n) is 10.3. The SMILES string of the molecule is Cc1cccc(OCCCC(N)C(=O)O)c1C. The largest absolute Gasteiger partial charge is 0.493 e. The molecule has 1 atom stereocenters. The first-order chi connectivity index (χ1) is 8.02. The van der Waals surface area contributed by atoms with Gasteiger partial charge in [0.05, 0.1) is 6.61 Å². The smallest absolute Gasteiger partial charge is 0.320 e. The molecule has 0 aliphatic rings. The Morgan fingerprint density at radius 3 is 2.82 bits per heavy atom. The van der Waals surface area contributed by atoms with Gasteiger partial charge in [-0.25, -0.2) is 0 Å². The van der Waals surface area contributed by atoms with Crippen molar-refractivity contribution in [3.05, 3.63) is 29.3 Å². The van der Waals surface area contributed by atoms with Gasteiger partial charge in [-0.1, -0.05) is 12.1 Å². The summed E-state index contributed by atoms with van der Waals surface area (Å²) in [7, 11) is 0. The number of rotatable bonds is 6. The van der Waals surface area contributed by atoms with E-state index >= 15 is 0 Å². The summed E-state index contributed by atoms with van der Waals surface area (Å²) in [5, 5.41) is 8.61. The number of carbonyl (C=O) groups is 1. The van der Waals surface area contributed by atoms with Gasteiger partial charge in [-0.15, -0.1) is 0 Å². The molecule has 1 unspecified atom stereocenters. The van der Waals surface area contributed by atoms with Crippen LogP contribution in [0.1, 0.15) is 24.0 Å². The van der Waals surface area contributed by atoms with Crippen LogP contribution in [-0.4, -0.2) is 23.7 Å². The maximum Gasteiger partial charge on any atom is 0.320 e. The molecule has 0 fully saturated rings. The Morgan fingerprint density at radius 1 is 1.47 bits per heavy atom. The topological polar surface area (TPSA) is 72.5 Å². The third kappa shape index (κ3) is 4.07. The number of nitrogens with two attached hydrogens (primary N) is 1. The lowest BCUT2D eigenvalue weighted by molar-refractivity contribution is -0.138. The van der Waals surface area contributed by atoms with Crippen LogP contribution in [0, 0.1) is 13.8 Å². The van der Waals surface area contributed by atoms with E-state index in [2.05, 4.69) is 0 Å². The van der Waals surface area contributed by atoms with E-state index in [4.69, 9.17) is 15.6 Å². The zero-order chi connectivity index (χ0) is 12.8.